The predicted octanol–water partition coefficient (Wildman–Crippen LogP) is 4.48. The molecule has 1 aliphatic heterocycles. The molecule has 1 saturated heterocycles. The second kappa shape index (κ2) is 10.4. The molecule has 1 aromatic rings. The number of carbonyl (C=O) groups excluding carboxylic acids is 1. The lowest BCUT2D eigenvalue weighted by atomic mass is 9.84. The van der Waals surface area contributed by atoms with Crippen LogP contribution in [0.15, 0.2) is 30.3 Å². The molecular weight excluding hydrogens is 286 g/mol. The first kappa shape index (κ1) is 19.7. The van der Waals surface area contributed by atoms with Gasteiger partial charge in [-0.1, -0.05) is 58.0 Å². The number of likely N-dealkylation sites (tertiary alicyclic amines) is 1. The van der Waals surface area contributed by atoms with Gasteiger partial charge in [-0.3, -0.25) is 4.79 Å². The molecule has 1 aliphatic rings. The summed E-state index contributed by atoms with van der Waals surface area (Å²) in [6.45, 7) is 12.5. The average molecular weight is 319 g/mol. The lowest BCUT2D eigenvalue weighted by molar-refractivity contribution is -0.130. The first-order valence-corrected chi connectivity index (χ1v) is 9.15. The summed E-state index contributed by atoms with van der Waals surface area (Å²) in [5.41, 5.74) is 1.33. The Balaban J connectivity index is 0.00000127. The van der Waals surface area contributed by atoms with E-state index in [2.05, 4.69) is 31.2 Å². The van der Waals surface area contributed by atoms with Gasteiger partial charge in [-0.15, -0.1) is 0 Å². The van der Waals surface area contributed by atoms with Crippen LogP contribution in [-0.4, -0.2) is 36.6 Å². The van der Waals surface area contributed by atoms with Crippen molar-refractivity contribution in [2.75, 3.05) is 19.7 Å². The number of carbonyl (C=O) groups is 1. The molecule has 1 heterocycles. The van der Waals surface area contributed by atoms with E-state index in [0.29, 0.717) is 18.3 Å². The highest BCUT2D eigenvalue weighted by Crippen LogP contribution is 2.37. The fraction of sp³-hybridized carbons (Fsp3) is 0.650. The maximum atomic E-state index is 12.1. The standard InChI is InChI=1S/C18H27NO2.C2H6/c1-4-17(21-6-3)16-13-19(18(20)5-2)12-15(16)14-10-8-7-9-11-14;1-2/h7-11,15-17H,4-6,12-13H2,1-3H3;1-2H3/t15-,16+,17+;/m1./s1. The summed E-state index contributed by atoms with van der Waals surface area (Å²) >= 11 is 0. The molecule has 0 radical (unpaired) electrons. The minimum Gasteiger partial charge on any atom is -0.378 e. The van der Waals surface area contributed by atoms with Crippen molar-refractivity contribution in [2.45, 2.75) is 59.5 Å². The Hall–Kier alpha value is -1.35. The van der Waals surface area contributed by atoms with Crippen molar-refractivity contribution in [3.8, 4) is 0 Å². The van der Waals surface area contributed by atoms with E-state index in [-0.39, 0.29) is 12.0 Å². The Bertz CT molecular complexity index is 446. The fourth-order valence-electron chi connectivity index (χ4n) is 3.44. The van der Waals surface area contributed by atoms with E-state index in [4.69, 9.17) is 4.74 Å². The van der Waals surface area contributed by atoms with Crippen molar-refractivity contribution in [3.63, 3.8) is 0 Å². The van der Waals surface area contributed by atoms with Crippen molar-refractivity contribution < 1.29 is 9.53 Å². The van der Waals surface area contributed by atoms with E-state index in [0.717, 1.165) is 26.1 Å². The molecule has 0 unspecified atom stereocenters. The Kier molecular flexibility index (Phi) is 8.93. The monoisotopic (exact) mass is 319 g/mol. The molecule has 0 N–H and O–H groups in total. The molecule has 0 aliphatic carbocycles. The molecule has 0 saturated carbocycles. The minimum absolute atomic E-state index is 0.231. The van der Waals surface area contributed by atoms with Gasteiger partial charge in [0, 0.05) is 38.0 Å². The molecular formula is C20H33NO2. The highest BCUT2D eigenvalue weighted by atomic mass is 16.5. The molecule has 0 aromatic heterocycles. The van der Waals surface area contributed by atoms with E-state index in [1.807, 2.05) is 38.7 Å². The number of ether oxygens (including phenoxy) is 1. The molecule has 1 amide bonds. The van der Waals surface area contributed by atoms with Gasteiger partial charge in [-0.25, -0.2) is 0 Å². The first-order valence-electron chi connectivity index (χ1n) is 9.15. The summed E-state index contributed by atoms with van der Waals surface area (Å²) in [5.74, 6) is 1.04. The molecule has 130 valence electrons. The molecule has 23 heavy (non-hydrogen) atoms. The molecule has 0 spiro atoms. The highest BCUT2D eigenvalue weighted by molar-refractivity contribution is 5.76. The molecule has 3 heteroatoms. The van der Waals surface area contributed by atoms with Gasteiger partial charge < -0.3 is 9.64 Å². The van der Waals surface area contributed by atoms with Gasteiger partial charge >= 0.3 is 0 Å². The van der Waals surface area contributed by atoms with Gasteiger partial charge in [0.1, 0.15) is 0 Å². The third-order valence-corrected chi connectivity index (χ3v) is 4.51. The van der Waals surface area contributed by atoms with Crippen molar-refractivity contribution in [1.82, 2.24) is 4.90 Å². The number of amides is 1. The van der Waals surface area contributed by atoms with Crippen molar-refractivity contribution in [3.05, 3.63) is 35.9 Å². The summed E-state index contributed by atoms with van der Waals surface area (Å²) in [5, 5.41) is 0. The molecule has 1 fully saturated rings. The van der Waals surface area contributed by atoms with Gasteiger partial charge in [0.05, 0.1) is 6.10 Å². The Morgan fingerprint density at radius 2 is 1.83 bits per heavy atom. The van der Waals surface area contributed by atoms with Crippen molar-refractivity contribution in [2.24, 2.45) is 5.92 Å². The maximum Gasteiger partial charge on any atom is 0.222 e. The van der Waals surface area contributed by atoms with Crippen LogP contribution >= 0.6 is 0 Å². The summed E-state index contributed by atoms with van der Waals surface area (Å²) in [7, 11) is 0. The largest absolute Gasteiger partial charge is 0.378 e. The van der Waals surface area contributed by atoms with Gasteiger partial charge in [-0.05, 0) is 18.9 Å². The Morgan fingerprint density at radius 3 is 2.35 bits per heavy atom. The van der Waals surface area contributed by atoms with Crippen LogP contribution in [0.3, 0.4) is 0 Å². The predicted molar refractivity (Wildman–Crippen MR) is 96.6 cm³/mol. The van der Waals surface area contributed by atoms with Crippen LogP contribution in [-0.2, 0) is 9.53 Å². The SMILES string of the molecule is CC.CCO[C@@H](CC)[C@H]1CN(C(=O)CC)C[C@@H]1c1ccccc1. The lowest BCUT2D eigenvalue weighted by Gasteiger charge is -2.27. The first-order chi connectivity index (χ1) is 11.2. The average Bonchev–Trinajstić information content (AvgIpc) is 3.06. The summed E-state index contributed by atoms with van der Waals surface area (Å²) in [6.07, 6.45) is 1.81. The number of nitrogens with zero attached hydrogens (tertiary/aromatic N) is 1. The van der Waals surface area contributed by atoms with Gasteiger partial charge in [-0.2, -0.15) is 0 Å². The number of rotatable bonds is 6. The van der Waals surface area contributed by atoms with Crippen LogP contribution in [0.5, 0.6) is 0 Å². The van der Waals surface area contributed by atoms with E-state index < -0.39 is 0 Å². The van der Waals surface area contributed by atoms with Crippen LogP contribution < -0.4 is 0 Å². The third kappa shape index (κ3) is 5.07. The minimum atomic E-state index is 0.231. The number of hydrogen-bond donors (Lipinski definition) is 0. The topological polar surface area (TPSA) is 29.5 Å². The second-order valence-electron chi connectivity index (χ2n) is 5.74. The van der Waals surface area contributed by atoms with Crippen molar-refractivity contribution >= 4 is 5.91 Å². The molecule has 1 aromatic carbocycles. The molecule has 2 rings (SSSR count). The lowest BCUT2D eigenvalue weighted by Crippen LogP contribution is -2.31. The highest BCUT2D eigenvalue weighted by Gasteiger charge is 2.39. The summed E-state index contributed by atoms with van der Waals surface area (Å²) < 4.78 is 5.95. The van der Waals surface area contributed by atoms with Gasteiger partial charge in [0.2, 0.25) is 5.91 Å². The smallest absolute Gasteiger partial charge is 0.222 e. The fourth-order valence-corrected chi connectivity index (χ4v) is 3.44. The zero-order valence-corrected chi connectivity index (χ0v) is 15.4. The number of hydrogen-bond acceptors (Lipinski definition) is 2. The van der Waals surface area contributed by atoms with Gasteiger partial charge in [0.25, 0.3) is 0 Å². The Labute approximate surface area is 142 Å². The second-order valence-corrected chi connectivity index (χ2v) is 5.74. The molecule has 3 atom stereocenters. The van der Waals surface area contributed by atoms with Crippen LogP contribution in [0, 0.1) is 5.92 Å². The van der Waals surface area contributed by atoms with E-state index in [1.165, 1.54) is 5.56 Å². The van der Waals surface area contributed by atoms with Gasteiger partial charge in [0.15, 0.2) is 0 Å². The number of benzene rings is 1. The zero-order valence-electron chi connectivity index (χ0n) is 15.4. The summed E-state index contributed by atoms with van der Waals surface area (Å²) in [6, 6.07) is 10.6. The zero-order chi connectivity index (χ0) is 17.2. The maximum absolute atomic E-state index is 12.1. The normalized spacial score (nSPS) is 21.5. The molecule has 3 nitrogen and oxygen atoms in total. The molecule has 0 bridgehead atoms. The third-order valence-electron chi connectivity index (χ3n) is 4.51. The Morgan fingerprint density at radius 1 is 1.17 bits per heavy atom. The van der Waals surface area contributed by atoms with Crippen LogP contribution in [0.1, 0.15) is 58.9 Å². The summed E-state index contributed by atoms with van der Waals surface area (Å²) in [4.78, 5) is 14.1. The van der Waals surface area contributed by atoms with E-state index in [9.17, 15) is 4.79 Å². The van der Waals surface area contributed by atoms with Crippen molar-refractivity contribution in [1.29, 1.82) is 0 Å². The quantitative estimate of drug-likeness (QED) is 0.773. The van der Waals surface area contributed by atoms with E-state index >= 15 is 0 Å². The van der Waals surface area contributed by atoms with Crippen LogP contribution in [0.25, 0.3) is 0 Å². The van der Waals surface area contributed by atoms with E-state index in [1.54, 1.807) is 0 Å². The van der Waals surface area contributed by atoms with Crippen LogP contribution in [0.4, 0.5) is 0 Å². The van der Waals surface area contributed by atoms with Crippen LogP contribution in [0.2, 0.25) is 0 Å².